The van der Waals surface area contributed by atoms with Crippen molar-refractivity contribution < 1.29 is 17.9 Å². The lowest BCUT2D eigenvalue weighted by molar-refractivity contribution is -0.121. The fraction of sp³-hybridized carbons (Fsp3) is 0.269. The first-order valence-corrected chi connectivity index (χ1v) is 12.4. The van der Waals surface area contributed by atoms with Crippen LogP contribution < -0.4 is 14.8 Å². The van der Waals surface area contributed by atoms with Gasteiger partial charge in [-0.25, -0.2) is 13.1 Å². The number of ether oxygens (including phenoxy) is 1. The number of sulfonamides is 1. The molecule has 3 aromatic rings. The van der Waals surface area contributed by atoms with Crippen LogP contribution in [-0.4, -0.2) is 21.4 Å². The van der Waals surface area contributed by atoms with Crippen LogP contribution in [0.5, 0.6) is 5.75 Å². The highest BCUT2D eigenvalue weighted by atomic mass is 32.2. The van der Waals surface area contributed by atoms with E-state index in [1.165, 1.54) is 0 Å². The number of amides is 1. The summed E-state index contributed by atoms with van der Waals surface area (Å²) in [7, 11) is -2.03. The van der Waals surface area contributed by atoms with Crippen LogP contribution in [0.2, 0.25) is 0 Å². The Morgan fingerprint density at radius 1 is 0.848 bits per heavy atom. The van der Waals surface area contributed by atoms with E-state index in [4.69, 9.17) is 4.74 Å². The number of carbonyl (C=O) groups is 1. The molecule has 3 rings (SSSR count). The van der Waals surface area contributed by atoms with Crippen LogP contribution in [0, 0.1) is 0 Å². The van der Waals surface area contributed by atoms with Crippen molar-refractivity contribution in [1.29, 1.82) is 0 Å². The Labute approximate surface area is 196 Å². The Bertz CT molecular complexity index is 1150. The lowest BCUT2D eigenvalue weighted by Crippen LogP contribution is -2.27. The second kappa shape index (κ2) is 11.1. The summed E-state index contributed by atoms with van der Waals surface area (Å²) in [5, 5.41) is 2.99. The highest BCUT2D eigenvalue weighted by molar-refractivity contribution is 7.89. The molecular formula is C26H30N2O4S. The molecule has 0 unspecified atom stereocenters. The zero-order chi connectivity index (χ0) is 23.8. The van der Waals surface area contributed by atoms with Gasteiger partial charge in [0.2, 0.25) is 15.9 Å². The van der Waals surface area contributed by atoms with Gasteiger partial charge in [0.05, 0.1) is 18.0 Å². The maximum Gasteiger partial charge on any atom is 0.241 e. The van der Waals surface area contributed by atoms with E-state index in [0.29, 0.717) is 12.8 Å². The Morgan fingerprint density at radius 3 is 2.06 bits per heavy atom. The second-order valence-electron chi connectivity index (χ2n) is 7.96. The zero-order valence-corrected chi connectivity index (χ0v) is 19.9. The molecular weight excluding hydrogens is 436 g/mol. The van der Waals surface area contributed by atoms with Gasteiger partial charge in [0.15, 0.2) is 0 Å². The first-order chi connectivity index (χ1) is 15.8. The van der Waals surface area contributed by atoms with E-state index in [1.807, 2.05) is 68.4 Å². The van der Waals surface area contributed by atoms with E-state index in [0.717, 1.165) is 22.4 Å². The average molecular weight is 467 g/mol. The summed E-state index contributed by atoms with van der Waals surface area (Å²) in [5.74, 6) is 0.709. The van der Waals surface area contributed by atoms with Crippen LogP contribution in [0.4, 0.5) is 0 Å². The maximum absolute atomic E-state index is 12.7. The second-order valence-corrected chi connectivity index (χ2v) is 9.67. The smallest absolute Gasteiger partial charge is 0.241 e. The molecule has 174 valence electrons. The molecule has 33 heavy (non-hydrogen) atoms. The summed E-state index contributed by atoms with van der Waals surface area (Å²) >= 11 is 0. The molecule has 0 heterocycles. The Balaban J connectivity index is 1.52. The monoisotopic (exact) mass is 466 g/mol. The van der Waals surface area contributed by atoms with E-state index in [-0.39, 0.29) is 22.9 Å². The third-order valence-electron chi connectivity index (χ3n) is 5.50. The van der Waals surface area contributed by atoms with Gasteiger partial charge >= 0.3 is 0 Å². The minimum absolute atomic E-state index is 0.0617. The maximum atomic E-state index is 12.7. The van der Waals surface area contributed by atoms with Crippen LogP contribution in [-0.2, 0) is 21.2 Å². The topological polar surface area (TPSA) is 84.5 Å². The van der Waals surface area contributed by atoms with Crippen molar-refractivity contribution in [2.24, 2.45) is 0 Å². The molecule has 2 N–H and O–H groups in total. The minimum atomic E-state index is -3.65. The van der Waals surface area contributed by atoms with E-state index in [9.17, 15) is 13.2 Å². The standard InChI is InChI=1S/C26H30N2O4S/c1-19(23-12-14-24(32-3)15-13-23)27-26(29)18-11-21-9-16-25(17-10-21)33(30,31)28-20(2)22-7-5-4-6-8-22/h4-10,12-17,19-20,28H,11,18H2,1-3H3,(H,27,29)/t19-,20+/m0/s1. The van der Waals surface area contributed by atoms with E-state index >= 15 is 0 Å². The number of carbonyl (C=O) groups excluding carboxylic acids is 1. The molecule has 0 bridgehead atoms. The summed E-state index contributed by atoms with van der Waals surface area (Å²) in [6.07, 6.45) is 0.839. The largest absolute Gasteiger partial charge is 0.497 e. The van der Waals surface area contributed by atoms with Crippen molar-refractivity contribution >= 4 is 15.9 Å². The summed E-state index contributed by atoms with van der Waals surface area (Å²) in [5.41, 5.74) is 2.79. The normalized spacial score (nSPS) is 13.2. The van der Waals surface area contributed by atoms with Crippen molar-refractivity contribution in [1.82, 2.24) is 10.0 Å². The number of hydrogen-bond donors (Lipinski definition) is 2. The fourth-order valence-corrected chi connectivity index (χ4v) is 4.73. The van der Waals surface area contributed by atoms with Gasteiger partial charge in [-0.1, -0.05) is 54.6 Å². The summed E-state index contributed by atoms with van der Waals surface area (Å²) in [6.45, 7) is 3.75. The van der Waals surface area contributed by atoms with E-state index in [1.54, 1.807) is 31.4 Å². The zero-order valence-electron chi connectivity index (χ0n) is 19.1. The van der Waals surface area contributed by atoms with Crippen LogP contribution >= 0.6 is 0 Å². The molecule has 1 amide bonds. The first kappa shape index (κ1) is 24.5. The predicted molar refractivity (Wildman–Crippen MR) is 129 cm³/mol. The number of nitrogens with one attached hydrogen (secondary N) is 2. The predicted octanol–water partition coefficient (Wildman–Crippen LogP) is 4.54. The Morgan fingerprint density at radius 2 is 1.45 bits per heavy atom. The SMILES string of the molecule is COc1ccc([C@H](C)NC(=O)CCc2ccc(S(=O)(=O)N[C@H](C)c3ccccc3)cc2)cc1. The lowest BCUT2D eigenvalue weighted by Gasteiger charge is -2.15. The Hall–Kier alpha value is -3.16. The highest BCUT2D eigenvalue weighted by Gasteiger charge is 2.18. The molecule has 0 spiro atoms. The van der Waals surface area contributed by atoms with E-state index < -0.39 is 10.0 Å². The van der Waals surface area contributed by atoms with Crippen molar-refractivity contribution in [2.45, 2.75) is 43.7 Å². The van der Waals surface area contributed by atoms with Gasteiger partial charge in [0.25, 0.3) is 0 Å². The van der Waals surface area contributed by atoms with E-state index in [2.05, 4.69) is 10.0 Å². The summed E-state index contributed by atoms with van der Waals surface area (Å²) in [4.78, 5) is 12.6. The molecule has 0 saturated heterocycles. The minimum Gasteiger partial charge on any atom is -0.497 e. The van der Waals surface area contributed by atoms with Gasteiger partial charge in [-0.3, -0.25) is 4.79 Å². The van der Waals surface area contributed by atoms with Gasteiger partial charge in [-0.05, 0) is 61.2 Å². The molecule has 0 aliphatic rings. The molecule has 0 fully saturated rings. The highest BCUT2D eigenvalue weighted by Crippen LogP contribution is 2.19. The number of hydrogen-bond acceptors (Lipinski definition) is 4. The summed E-state index contributed by atoms with van der Waals surface area (Å²) < 4.78 is 33.3. The van der Waals surface area contributed by atoms with Gasteiger partial charge in [0, 0.05) is 12.5 Å². The molecule has 0 aliphatic heterocycles. The van der Waals surface area contributed by atoms with Gasteiger partial charge in [0.1, 0.15) is 5.75 Å². The molecule has 2 atom stereocenters. The molecule has 6 nitrogen and oxygen atoms in total. The van der Waals surface area contributed by atoms with Crippen molar-refractivity contribution in [3.05, 3.63) is 95.6 Å². The van der Waals surface area contributed by atoms with Crippen molar-refractivity contribution in [2.75, 3.05) is 7.11 Å². The molecule has 3 aromatic carbocycles. The third kappa shape index (κ3) is 6.91. The fourth-order valence-electron chi connectivity index (χ4n) is 3.49. The van der Waals surface area contributed by atoms with Crippen LogP contribution in [0.1, 0.15) is 49.0 Å². The summed E-state index contributed by atoms with van der Waals surface area (Å²) in [6, 6.07) is 23.2. The quantitative estimate of drug-likeness (QED) is 0.459. The lowest BCUT2D eigenvalue weighted by atomic mass is 10.1. The van der Waals surface area contributed by atoms with Gasteiger partial charge in [-0.15, -0.1) is 0 Å². The van der Waals surface area contributed by atoms with Gasteiger partial charge < -0.3 is 10.1 Å². The average Bonchev–Trinajstić information content (AvgIpc) is 2.83. The molecule has 0 radical (unpaired) electrons. The third-order valence-corrected chi connectivity index (χ3v) is 7.06. The van der Waals surface area contributed by atoms with Crippen LogP contribution in [0.15, 0.2) is 83.8 Å². The number of aryl methyl sites for hydroxylation is 1. The molecule has 0 aromatic heterocycles. The van der Waals surface area contributed by atoms with Crippen molar-refractivity contribution in [3.63, 3.8) is 0 Å². The molecule has 0 aliphatic carbocycles. The molecule has 7 heteroatoms. The van der Waals surface area contributed by atoms with Gasteiger partial charge in [-0.2, -0.15) is 0 Å². The number of rotatable bonds is 10. The molecule has 0 saturated carbocycles. The number of benzene rings is 3. The van der Waals surface area contributed by atoms with Crippen LogP contribution in [0.25, 0.3) is 0 Å². The number of methoxy groups -OCH3 is 1. The van der Waals surface area contributed by atoms with Crippen LogP contribution in [0.3, 0.4) is 0 Å². The Kier molecular flexibility index (Phi) is 8.25. The first-order valence-electron chi connectivity index (χ1n) is 10.9. The van der Waals surface area contributed by atoms with Crippen molar-refractivity contribution in [3.8, 4) is 5.75 Å².